The third-order valence-corrected chi connectivity index (χ3v) is 3.52. The van der Waals surface area contributed by atoms with Gasteiger partial charge < -0.3 is 9.88 Å². The summed E-state index contributed by atoms with van der Waals surface area (Å²) in [4.78, 5) is 4.76. The lowest BCUT2D eigenvalue weighted by Crippen LogP contribution is -2.29. The van der Waals surface area contributed by atoms with Crippen molar-refractivity contribution in [3.05, 3.63) is 29.0 Å². The van der Waals surface area contributed by atoms with Crippen LogP contribution in [0.2, 0.25) is 5.02 Å². The van der Waals surface area contributed by atoms with E-state index in [1.807, 2.05) is 18.2 Å². The molecular formula is C15H22ClN3. The van der Waals surface area contributed by atoms with Crippen LogP contribution in [0.3, 0.4) is 0 Å². The Bertz CT molecular complexity index is 560. The topological polar surface area (TPSA) is 29.9 Å². The van der Waals surface area contributed by atoms with E-state index >= 15 is 0 Å². The third kappa shape index (κ3) is 3.10. The van der Waals surface area contributed by atoms with Gasteiger partial charge in [-0.05, 0) is 45.5 Å². The van der Waals surface area contributed by atoms with Gasteiger partial charge in [0.25, 0.3) is 0 Å². The second kappa shape index (κ2) is 5.93. The Morgan fingerprint density at radius 1 is 1.32 bits per heavy atom. The number of nitrogens with zero attached hydrogens (tertiary/aromatic N) is 2. The number of rotatable bonds is 5. The molecule has 1 atom stereocenters. The number of imidazole rings is 1. The molecule has 104 valence electrons. The van der Waals surface area contributed by atoms with Crippen LogP contribution in [0.1, 0.15) is 39.6 Å². The fourth-order valence-corrected chi connectivity index (χ4v) is 2.70. The average molecular weight is 280 g/mol. The highest BCUT2D eigenvalue weighted by Gasteiger charge is 2.15. The van der Waals surface area contributed by atoms with Gasteiger partial charge in [0.05, 0.1) is 11.0 Å². The molecule has 0 bridgehead atoms. The van der Waals surface area contributed by atoms with E-state index in [2.05, 4.69) is 37.6 Å². The summed E-state index contributed by atoms with van der Waals surface area (Å²) in [6.45, 7) is 9.67. The van der Waals surface area contributed by atoms with E-state index in [0.717, 1.165) is 34.8 Å². The van der Waals surface area contributed by atoms with Crippen molar-refractivity contribution in [3.63, 3.8) is 0 Å². The largest absolute Gasteiger partial charge is 0.325 e. The zero-order valence-electron chi connectivity index (χ0n) is 12.1. The maximum Gasteiger partial charge on any atom is 0.111 e. The molecule has 0 aliphatic carbocycles. The number of benzene rings is 1. The molecule has 1 heterocycles. The van der Waals surface area contributed by atoms with Gasteiger partial charge in [-0.1, -0.05) is 18.5 Å². The van der Waals surface area contributed by atoms with Gasteiger partial charge in [0.2, 0.25) is 0 Å². The second-order valence-electron chi connectivity index (χ2n) is 5.29. The fourth-order valence-electron chi connectivity index (χ4n) is 2.53. The first-order valence-corrected chi connectivity index (χ1v) is 7.30. The van der Waals surface area contributed by atoms with Gasteiger partial charge in [0, 0.05) is 23.5 Å². The normalized spacial score (nSPS) is 13.4. The van der Waals surface area contributed by atoms with Gasteiger partial charge in [-0.2, -0.15) is 0 Å². The number of likely N-dealkylation sites (N-methyl/N-ethyl adjacent to an activating group) is 1. The van der Waals surface area contributed by atoms with Crippen LogP contribution in [0.15, 0.2) is 18.2 Å². The molecular weight excluding hydrogens is 258 g/mol. The highest BCUT2D eigenvalue weighted by molar-refractivity contribution is 6.31. The van der Waals surface area contributed by atoms with E-state index in [4.69, 9.17) is 16.6 Å². The van der Waals surface area contributed by atoms with Gasteiger partial charge in [0.1, 0.15) is 5.82 Å². The van der Waals surface area contributed by atoms with E-state index in [1.165, 1.54) is 0 Å². The van der Waals surface area contributed by atoms with Crippen LogP contribution >= 0.6 is 11.6 Å². The predicted octanol–water partition coefficient (Wildman–Crippen LogP) is 3.81. The monoisotopic (exact) mass is 279 g/mol. The molecule has 2 rings (SSSR count). The SMILES string of the molecule is CCNC(C)Cc1nc2ccc(Cl)cc2n1C(C)C. The summed E-state index contributed by atoms with van der Waals surface area (Å²) in [5.74, 6) is 1.13. The molecule has 0 fully saturated rings. The molecule has 1 N–H and O–H groups in total. The van der Waals surface area contributed by atoms with E-state index < -0.39 is 0 Å². The van der Waals surface area contributed by atoms with Crippen molar-refractivity contribution in [2.45, 2.75) is 46.2 Å². The minimum Gasteiger partial charge on any atom is -0.325 e. The van der Waals surface area contributed by atoms with E-state index in [0.29, 0.717) is 12.1 Å². The van der Waals surface area contributed by atoms with Gasteiger partial charge in [0.15, 0.2) is 0 Å². The highest BCUT2D eigenvalue weighted by atomic mass is 35.5. The van der Waals surface area contributed by atoms with Crippen LogP contribution in [0.5, 0.6) is 0 Å². The van der Waals surface area contributed by atoms with Gasteiger partial charge in [-0.25, -0.2) is 4.98 Å². The molecule has 0 aliphatic heterocycles. The standard InChI is InChI=1S/C15H22ClN3/c1-5-17-11(4)8-15-18-13-7-6-12(16)9-14(13)19(15)10(2)3/h6-7,9-11,17H,5,8H2,1-4H3. The lowest BCUT2D eigenvalue weighted by molar-refractivity contribution is 0.515. The van der Waals surface area contributed by atoms with Crippen molar-refractivity contribution in [1.82, 2.24) is 14.9 Å². The molecule has 1 unspecified atom stereocenters. The summed E-state index contributed by atoms with van der Waals surface area (Å²) < 4.78 is 2.29. The van der Waals surface area contributed by atoms with Crippen molar-refractivity contribution < 1.29 is 0 Å². The summed E-state index contributed by atoms with van der Waals surface area (Å²) in [6.07, 6.45) is 0.929. The molecule has 0 aliphatic rings. The molecule has 1 aromatic carbocycles. The molecule has 1 aromatic heterocycles. The predicted molar refractivity (Wildman–Crippen MR) is 82.0 cm³/mol. The van der Waals surface area contributed by atoms with Crippen molar-refractivity contribution >= 4 is 22.6 Å². The zero-order valence-corrected chi connectivity index (χ0v) is 12.8. The minimum absolute atomic E-state index is 0.382. The lowest BCUT2D eigenvalue weighted by atomic mass is 10.2. The van der Waals surface area contributed by atoms with Gasteiger partial charge in [-0.3, -0.25) is 0 Å². The molecule has 0 saturated heterocycles. The molecule has 3 nitrogen and oxygen atoms in total. The summed E-state index contributed by atoms with van der Waals surface area (Å²) in [5.41, 5.74) is 2.15. The quantitative estimate of drug-likeness (QED) is 0.902. The summed E-state index contributed by atoms with van der Waals surface area (Å²) >= 11 is 6.11. The molecule has 0 amide bonds. The Hall–Kier alpha value is -1.06. The Morgan fingerprint density at radius 2 is 2.05 bits per heavy atom. The number of hydrogen-bond donors (Lipinski definition) is 1. The Morgan fingerprint density at radius 3 is 2.68 bits per heavy atom. The summed E-state index contributed by atoms with van der Waals surface area (Å²) in [6, 6.07) is 6.71. The first-order chi connectivity index (χ1) is 9.02. The summed E-state index contributed by atoms with van der Waals surface area (Å²) in [7, 11) is 0. The molecule has 0 spiro atoms. The molecule has 2 aromatic rings. The van der Waals surface area contributed by atoms with Crippen LogP contribution in [-0.2, 0) is 6.42 Å². The van der Waals surface area contributed by atoms with Crippen LogP contribution in [0.25, 0.3) is 11.0 Å². The highest BCUT2D eigenvalue weighted by Crippen LogP contribution is 2.24. The first-order valence-electron chi connectivity index (χ1n) is 6.92. The fraction of sp³-hybridized carbons (Fsp3) is 0.533. The number of nitrogens with one attached hydrogen (secondary N) is 1. The van der Waals surface area contributed by atoms with E-state index in [9.17, 15) is 0 Å². The van der Waals surface area contributed by atoms with Crippen molar-refractivity contribution in [2.75, 3.05) is 6.54 Å². The number of hydrogen-bond acceptors (Lipinski definition) is 2. The molecule has 0 saturated carbocycles. The van der Waals surface area contributed by atoms with Crippen molar-refractivity contribution in [1.29, 1.82) is 0 Å². The zero-order chi connectivity index (χ0) is 14.0. The van der Waals surface area contributed by atoms with E-state index in [1.54, 1.807) is 0 Å². The van der Waals surface area contributed by atoms with Crippen molar-refractivity contribution in [2.24, 2.45) is 0 Å². The minimum atomic E-state index is 0.382. The van der Waals surface area contributed by atoms with E-state index in [-0.39, 0.29) is 0 Å². The third-order valence-electron chi connectivity index (χ3n) is 3.28. The summed E-state index contributed by atoms with van der Waals surface area (Å²) in [5, 5.41) is 4.20. The average Bonchev–Trinajstić information content (AvgIpc) is 2.66. The Labute approximate surface area is 120 Å². The van der Waals surface area contributed by atoms with Gasteiger partial charge in [-0.15, -0.1) is 0 Å². The maximum absolute atomic E-state index is 6.11. The number of fused-ring (bicyclic) bond motifs is 1. The number of aromatic nitrogens is 2. The second-order valence-corrected chi connectivity index (χ2v) is 5.72. The van der Waals surface area contributed by atoms with Crippen LogP contribution < -0.4 is 5.32 Å². The van der Waals surface area contributed by atoms with Gasteiger partial charge >= 0.3 is 0 Å². The van der Waals surface area contributed by atoms with Crippen LogP contribution in [-0.4, -0.2) is 22.1 Å². The Balaban J connectivity index is 2.45. The lowest BCUT2D eigenvalue weighted by Gasteiger charge is -2.16. The maximum atomic E-state index is 6.11. The van der Waals surface area contributed by atoms with Crippen LogP contribution in [0, 0.1) is 0 Å². The number of halogens is 1. The smallest absolute Gasteiger partial charge is 0.111 e. The van der Waals surface area contributed by atoms with Crippen molar-refractivity contribution in [3.8, 4) is 0 Å². The molecule has 4 heteroatoms. The molecule has 19 heavy (non-hydrogen) atoms. The first kappa shape index (κ1) is 14.4. The van der Waals surface area contributed by atoms with Crippen LogP contribution in [0.4, 0.5) is 0 Å². The Kier molecular flexibility index (Phi) is 4.48. The molecule has 0 radical (unpaired) electrons.